The number of guanidine groups is 1. The number of hydrogen-bond donors (Lipinski definition) is 3. The molecule has 19 heavy (non-hydrogen) atoms. The zero-order valence-corrected chi connectivity index (χ0v) is 10.9. The van der Waals surface area contributed by atoms with Crippen molar-refractivity contribution in [3.63, 3.8) is 0 Å². The van der Waals surface area contributed by atoms with Gasteiger partial charge in [0.25, 0.3) is 0 Å². The number of carbonyl (C=O) groups is 1. The molecule has 0 spiro atoms. The van der Waals surface area contributed by atoms with Gasteiger partial charge in [0, 0.05) is 0 Å². The van der Waals surface area contributed by atoms with Crippen LogP contribution in [0.2, 0.25) is 5.02 Å². The normalized spacial score (nSPS) is 10.0. The van der Waals surface area contributed by atoms with Crippen LogP contribution in [0.5, 0.6) is 0 Å². The van der Waals surface area contributed by atoms with Gasteiger partial charge in [0.15, 0.2) is 5.96 Å². The molecular weight excluding hydrogens is 266 g/mol. The summed E-state index contributed by atoms with van der Waals surface area (Å²) in [5.41, 5.74) is 2.16. The van der Waals surface area contributed by atoms with Crippen LogP contribution < -0.4 is 10.6 Å². The molecule has 2 rings (SSSR count). The molecule has 7 heteroatoms. The molecule has 98 valence electrons. The van der Waals surface area contributed by atoms with Crippen molar-refractivity contribution in [1.29, 1.82) is 5.41 Å². The molecule has 0 bridgehead atoms. The first-order valence-electron chi connectivity index (χ1n) is 5.48. The third-order valence-electron chi connectivity index (χ3n) is 2.55. The van der Waals surface area contributed by atoms with Gasteiger partial charge < -0.3 is 5.32 Å². The first-order valence-corrected chi connectivity index (χ1v) is 5.86. The van der Waals surface area contributed by atoms with Gasteiger partial charge in [-0.1, -0.05) is 23.7 Å². The van der Waals surface area contributed by atoms with E-state index in [0.717, 1.165) is 11.4 Å². The van der Waals surface area contributed by atoms with E-state index < -0.39 is 0 Å². The van der Waals surface area contributed by atoms with Gasteiger partial charge in [-0.3, -0.25) is 15.5 Å². The predicted octanol–water partition coefficient (Wildman–Crippen LogP) is 1.93. The molecule has 6 nitrogen and oxygen atoms in total. The van der Waals surface area contributed by atoms with Gasteiger partial charge in [-0.15, -0.1) is 0 Å². The van der Waals surface area contributed by atoms with E-state index in [0.29, 0.717) is 17.1 Å². The summed E-state index contributed by atoms with van der Waals surface area (Å²) in [6, 6.07) is 7.33. The Labute approximate surface area is 114 Å². The largest absolute Gasteiger partial charge is 0.323 e. The zero-order chi connectivity index (χ0) is 13.8. The van der Waals surface area contributed by atoms with Crippen LogP contribution in [0.3, 0.4) is 0 Å². The monoisotopic (exact) mass is 277 g/mol. The first kappa shape index (κ1) is 13.1. The topological polar surface area (TPSA) is 82.8 Å². The summed E-state index contributed by atoms with van der Waals surface area (Å²) in [5, 5.41) is 17.2. The van der Waals surface area contributed by atoms with E-state index in [1.165, 1.54) is 0 Å². The van der Waals surface area contributed by atoms with Crippen molar-refractivity contribution in [2.24, 2.45) is 0 Å². The standard InChI is InChI=1S/C12H12ClN5O/c1-8-10(17-12(14)15-7-19)6-16-18(8)11-5-3-2-4-9(11)13/h2-7H,1H3,(H3,14,15,17,19). The highest BCUT2D eigenvalue weighted by molar-refractivity contribution is 6.32. The molecule has 0 saturated carbocycles. The molecule has 0 aliphatic rings. The second-order valence-electron chi connectivity index (χ2n) is 3.77. The maximum absolute atomic E-state index is 10.2. The Balaban J connectivity index is 2.31. The van der Waals surface area contributed by atoms with E-state index in [9.17, 15) is 4.79 Å². The van der Waals surface area contributed by atoms with Crippen molar-refractivity contribution >= 4 is 29.7 Å². The number of halogens is 1. The Morgan fingerprint density at radius 3 is 2.89 bits per heavy atom. The molecule has 1 amide bonds. The lowest BCUT2D eigenvalue weighted by Crippen LogP contribution is -2.28. The lowest BCUT2D eigenvalue weighted by Gasteiger charge is -2.08. The molecule has 3 N–H and O–H groups in total. The third-order valence-corrected chi connectivity index (χ3v) is 2.87. The van der Waals surface area contributed by atoms with Crippen molar-refractivity contribution in [3.8, 4) is 5.69 Å². The molecule has 0 aliphatic carbocycles. The molecule has 2 aromatic rings. The Morgan fingerprint density at radius 2 is 2.21 bits per heavy atom. The number of aromatic nitrogens is 2. The summed E-state index contributed by atoms with van der Waals surface area (Å²) in [7, 11) is 0. The highest BCUT2D eigenvalue weighted by Gasteiger charge is 2.11. The van der Waals surface area contributed by atoms with Gasteiger partial charge >= 0.3 is 0 Å². The number of nitrogens with one attached hydrogen (secondary N) is 3. The van der Waals surface area contributed by atoms with E-state index in [4.69, 9.17) is 17.0 Å². The van der Waals surface area contributed by atoms with Crippen LogP contribution in [-0.2, 0) is 4.79 Å². The smallest absolute Gasteiger partial charge is 0.213 e. The highest BCUT2D eigenvalue weighted by Crippen LogP contribution is 2.23. The van der Waals surface area contributed by atoms with Gasteiger partial charge in [-0.25, -0.2) is 4.68 Å². The summed E-state index contributed by atoms with van der Waals surface area (Å²) >= 11 is 6.11. The van der Waals surface area contributed by atoms with Crippen molar-refractivity contribution in [3.05, 3.63) is 41.2 Å². The Morgan fingerprint density at radius 1 is 1.47 bits per heavy atom. The van der Waals surface area contributed by atoms with Crippen LogP contribution in [0.15, 0.2) is 30.5 Å². The number of carbonyl (C=O) groups excluding carboxylic acids is 1. The van der Waals surface area contributed by atoms with Gasteiger partial charge in [-0.05, 0) is 19.1 Å². The summed E-state index contributed by atoms with van der Waals surface area (Å²) in [6.07, 6.45) is 2.00. The Hall–Kier alpha value is -2.34. The van der Waals surface area contributed by atoms with Crippen LogP contribution in [0.4, 0.5) is 5.69 Å². The third kappa shape index (κ3) is 2.74. The van der Waals surface area contributed by atoms with Gasteiger partial charge in [-0.2, -0.15) is 5.10 Å². The van der Waals surface area contributed by atoms with Crippen LogP contribution in [0, 0.1) is 12.3 Å². The van der Waals surface area contributed by atoms with Crippen LogP contribution in [0.1, 0.15) is 5.69 Å². The molecule has 0 saturated heterocycles. The molecule has 1 aromatic heterocycles. The predicted molar refractivity (Wildman–Crippen MR) is 73.9 cm³/mol. The van der Waals surface area contributed by atoms with Crippen LogP contribution in [0.25, 0.3) is 5.69 Å². The summed E-state index contributed by atoms with van der Waals surface area (Å²) in [5.74, 6) is -0.114. The minimum Gasteiger partial charge on any atom is -0.323 e. The number of hydrogen-bond acceptors (Lipinski definition) is 3. The molecular formula is C12H12ClN5O. The fourth-order valence-corrected chi connectivity index (χ4v) is 1.84. The fourth-order valence-electron chi connectivity index (χ4n) is 1.63. The molecule has 0 fully saturated rings. The maximum atomic E-state index is 10.2. The van der Waals surface area contributed by atoms with E-state index in [1.54, 1.807) is 16.9 Å². The van der Waals surface area contributed by atoms with Crippen molar-refractivity contribution in [2.45, 2.75) is 6.92 Å². The molecule has 0 unspecified atom stereocenters. The van der Waals surface area contributed by atoms with E-state index >= 15 is 0 Å². The van der Waals surface area contributed by atoms with E-state index in [-0.39, 0.29) is 5.96 Å². The van der Waals surface area contributed by atoms with Crippen molar-refractivity contribution < 1.29 is 4.79 Å². The average Bonchev–Trinajstić information content (AvgIpc) is 2.72. The molecule has 0 atom stereocenters. The maximum Gasteiger partial charge on any atom is 0.213 e. The fraction of sp³-hybridized carbons (Fsp3) is 0.0833. The molecule has 1 aromatic carbocycles. The number of para-hydroxylation sites is 1. The zero-order valence-electron chi connectivity index (χ0n) is 10.1. The minimum atomic E-state index is -0.114. The number of nitrogens with zero attached hydrogens (tertiary/aromatic N) is 2. The minimum absolute atomic E-state index is 0.114. The number of anilines is 1. The number of amides is 1. The average molecular weight is 278 g/mol. The second-order valence-corrected chi connectivity index (χ2v) is 4.18. The quantitative estimate of drug-likeness (QED) is 0.455. The highest BCUT2D eigenvalue weighted by atomic mass is 35.5. The Bertz CT molecular complexity index is 622. The SMILES string of the molecule is Cc1c(NC(=N)NC=O)cnn1-c1ccccc1Cl. The molecule has 0 radical (unpaired) electrons. The van der Waals surface area contributed by atoms with Crippen LogP contribution in [-0.4, -0.2) is 22.2 Å². The first-order chi connectivity index (χ1) is 9.13. The molecule has 0 aliphatic heterocycles. The van der Waals surface area contributed by atoms with Crippen molar-refractivity contribution in [2.75, 3.05) is 5.32 Å². The molecule has 1 heterocycles. The summed E-state index contributed by atoms with van der Waals surface area (Å²) < 4.78 is 1.67. The van der Waals surface area contributed by atoms with Gasteiger partial charge in [0.1, 0.15) is 0 Å². The van der Waals surface area contributed by atoms with Crippen molar-refractivity contribution in [1.82, 2.24) is 15.1 Å². The van der Waals surface area contributed by atoms with E-state index in [2.05, 4.69) is 15.7 Å². The lowest BCUT2D eigenvalue weighted by atomic mass is 10.3. The Kier molecular flexibility index (Phi) is 3.82. The van der Waals surface area contributed by atoms with Crippen LogP contribution >= 0.6 is 11.6 Å². The summed E-state index contributed by atoms with van der Waals surface area (Å²) in [6.45, 7) is 1.84. The lowest BCUT2D eigenvalue weighted by molar-refractivity contribution is -0.108. The van der Waals surface area contributed by atoms with E-state index in [1.807, 2.05) is 25.1 Å². The second kappa shape index (κ2) is 5.53. The number of benzene rings is 1. The number of rotatable bonds is 3. The van der Waals surface area contributed by atoms with Gasteiger partial charge in [0.05, 0.1) is 28.3 Å². The summed E-state index contributed by atoms with van der Waals surface area (Å²) in [4.78, 5) is 10.2. The van der Waals surface area contributed by atoms with Gasteiger partial charge in [0.2, 0.25) is 6.41 Å².